The summed E-state index contributed by atoms with van der Waals surface area (Å²) in [6.07, 6.45) is 0.910. The zero-order valence-electron chi connectivity index (χ0n) is 17.1. The molecule has 0 spiro atoms. The molecule has 1 aromatic rings. The maximum absolute atomic E-state index is 13.2. The smallest absolute Gasteiger partial charge is 0.262 e. The maximum Gasteiger partial charge on any atom is 0.262 e. The van der Waals surface area contributed by atoms with E-state index in [1.54, 1.807) is 38.1 Å². The number of amides is 3. The van der Waals surface area contributed by atoms with Crippen LogP contribution in [0.5, 0.6) is 0 Å². The number of carbonyl (C=O) groups excluding carboxylic acids is 4. The monoisotopic (exact) mass is 398 g/mol. The lowest BCUT2D eigenvalue weighted by Gasteiger charge is -2.28. The minimum absolute atomic E-state index is 0.0193. The molecule has 154 valence electrons. The van der Waals surface area contributed by atoms with Gasteiger partial charge in [-0.05, 0) is 31.4 Å². The summed E-state index contributed by atoms with van der Waals surface area (Å²) in [5.41, 5.74) is 3.48. The molecule has 2 aliphatic rings. The third kappa shape index (κ3) is 3.79. The number of Topliss-reactive ketones (excluding diaryl/α,β-unsaturated/α-hetero) is 1. The topological polar surface area (TPSA) is 108 Å². The third-order valence-corrected chi connectivity index (χ3v) is 5.36. The van der Waals surface area contributed by atoms with Gasteiger partial charge in [0.1, 0.15) is 17.8 Å². The maximum atomic E-state index is 13.2. The molecule has 8 heteroatoms. The lowest BCUT2D eigenvalue weighted by Crippen LogP contribution is -2.50. The van der Waals surface area contributed by atoms with Crippen molar-refractivity contribution < 1.29 is 19.2 Å². The first-order valence-electron chi connectivity index (χ1n) is 9.89. The minimum atomic E-state index is -0.973. The molecule has 1 aromatic carbocycles. The highest BCUT2D eigenvalue weighted by Crippen LogP contribution is 2.28. The lowest BCUT2D eigenvalue weighted by molar-refractivity contribution is -0.123. The van der Waals surface area contributed by atoms with E-state index in [2.05, 4.69) is 15.8 Å². The van der Waals surface area contributed by atoms with Gasteiger partial charge >= 0.3 is 0 Å². The van der Waals surface area contributed by atoms with Gasteiger partial charge in [-0.15, -0.1) is 0 Å². The molecule has 0 radical (unpaired) electrons. The van der Waals surface area contributed by atoms with Crippen LogP contribution in [-0.4, -0.2) is 52.2 Å². The van der Waals surface area contributed by atoms with Crippen molar-refractivity contribution in [3.63, 3.8) is 0 Å². The van der Waals surface area contributed by atoms with E-state index in [0.717, 1.165) is 11.3 Å². The van der Waals surface area contributed by atoms with E-state index < -0.39 is 29.7 Å². The molecule has 0 saturated carbocycles. The van der Waals surface area contributed by atoms with Crippen molar-refractivity contribution in [3.05, 3.63) is 35.4 Å². The predicted octanol–water partition coefficient (Wildman–Crippen LogP) is 1.51. The summed E-state index contributed by atoms with van der Waals surface area (Å²) < 4.78 is 0. The van der Waals surface area contributed by atoms with Gasteiger partial charge in [0, 0.05) is 12.5 Å². The molecule has 29 heavy (non-hydrogen) atoms. The second kappa shape index (κ2) is 8.14. The molecular weight excluding hydrogens is 372 g/mol. The summed E-state index contributed by atoms with van der Waals surface area (Å²) in [4.78, 5) is 52.2. The van der Waals surface area contributed by atoms with Crippen molar-refractivity contribution in [3.8, 4) is 0 Å². The van der Waals surface area contributed by atoms with Crippen molar-refractivity contribution in [2.24, 2.45) is 11.0 Å². The Hall–Kier alpha value is -3.03. The van der Waals surface area contributed by atoms with Crippen LogP contribution in [0.2, 0.25) is 0 Å². The fourth-order valence-corrected chi connectivity index (χ4v) is 3.54. The van der Waals surface area contributed by atoms with E-state index in [0.29, 0.717) is 11.1 Å². The molecule has 0 fully saturated rings. The van der Waals surface area contributed by atoms with Crippen LogP contribution >= 0.6 is 0 Å². The molecule has 0 aliphatic carbocycles. The lowest BCUT2D eigenvalue weighted by atomic mass is 9.93. The summed E-state index contributed by atoms with van der Waals surface area (Å²) in [6, 6.07) is 4.95. The summed E-state index contributed by atoms with van der Waals surface area (Å²) in [6.45, 7) is 7.43. The second-order valence-electron chi connectivity index (χ2n) is 7.84. The number of fused-ring (bicyclic) bond motifs is 1. The zero-order chi connectivity index (χ0) is 21.3. The van der Waals surface area contributed by atoms with Crippen LogP contribution < -0.4 is 10.7 Å². The van der Waals surface area contributed by atoms with Gasteiger partial charge < -0.3 is 5.32 Å². The Balaban J connectivity index is 1.78. The Kier molecular flexibility index (Phi) is 5.81. The van der Waals surface area contributed by atoms with Gasteiger partial charge in [0.25, 0.3) is 11.8 Å². The Morgan fingerprint density at radius 2 is 1.76 bits per heavy atom. The van der Waals surface area contributed by atoms with Crippen LogP contribution in [-0.2, 0) is 9.59 Å². The highest BCUT2D eigenvalue weighted by molar-refractivity contribution is 6.43. The molecule has 2 aliphatic heterocycles. The van der Waals surface area contributed by atoms with Crippen molar-refractivity contribution in [1.82, 2.24) is 15.6 Å². The number of nitrogens with zero attached hydrogens (tertiary/aromatic N) is 2. The number of hydrogen-bond acceptors (Lipinski definition) is 6. The molecule has 3 unspecified atom stereocenters. The molecule has 0 aromatic heterocycles. The average molecular weight is 398 g/mol. The molecular formula is C21H26N4O4. The quantitative estimate of drug-likeness (QED) is 0.677. The fraction of sp³-hybridized carbons (Fsp3) is 0.476. The molecule has 3 atom stereocenters. The number of nitrogens with one attached hydrogen (secondary N) is 2. The van der Waals surface area contributed by atoms with Gasteiger partial charge in [0.2, 0.25) is 11.7 Å². The Morgan fingerprint density at radius 1 is 1.17 bits per heavy atom. The van der Waals surface area contributed by atoms with Gasteiger partial charge in [-0.1, -0.05) is 32.9 Å². The van der Waals surface area contributed by atoms with E-state index in [1.807, 2.05) is 13.8 Å². The van der Waals surface area contributed by atoms with Crippen LogP contribution in [0, 0.1) is 5.92 Å². The highest BCUT2D eigenvalue weighted by atomic mass is 16.2. The number of ketones is 1. The molecule has 2 N–H and O–H groups in total. The first-order chi connectivity index (χ1) is 13.8. The summed E-state index contributed by atoms with van der Waals surface area (Å²) in [5.74, 6) is -1.90. The summed E-state index contributed by atoms with van der Waals surface area (Å²) >= 11 is 0. The van der Waals surface area contributed by atoms with Crippen molar-refractivity contribution in [2.75, 3.05) is 0 Å². The summed E-state index contributed by atoms with van der Waals surface area (Å²) in [7, 11) is 0. The SMILES string of the molecule is CCC(C)NC(=O)C1CC(C(=O)C(C(C)C)N2C(=O)c3ccccc3C2=O)=NN1. The van der Waals surface area contributed by atoms with E-state index in [4.69, 9.17) is 0 Å². The highest BCUT2D eigenvalue weighted by Gasteiger charge is 2.45. The van der Waals surface area contributed by atoms with E-state index in [9.17, 15) is 19.2 Å². The molecule has 2 heterocycles. The van der Waals surface area contributed by atoms with Crippen molar-refractivity contribution in [1.29, 1.82) is 0 Å². The van der Waals surface area contributed by atoms with E-state index >= 15 is 0 Å². The number of rotatable bonds is 7. The van der Waals surface area contributed by atoms with E-state index in [-0.39, 0.29) is 30.0 Å². The van der Waals surface area contributed by atoms with E-state index in [1.165, 1.54) is 0 Å². The van der Waals surface area contributed by atoms with Crippen LogP contribution in [0.4, 0.5) is 0 Å². The third-order valence-electron chi connectivity index (χ3n) is 5.36. The first kappa shape index (κ1) is 20.7. The van der Waals surface area contributed by atoms with Crippen molar-refractivity contribution in [2.45, 2.75) is 58.7 Å². The van der Waals surface area contributed by atoms with Gasteiger partial charge in [0.15, 0.2) is 0 Å². The molecule has 0 saturated heterocycles. The fourth-order valence-electron chi connectivity index (χ4n) is 3.54. The minimum Gasteiger partial charge on any atom is -0.352 e. The number of hydrogen-bond donors (Lipinski definition) is 2. The standard InChI is InChI=1S/C21H26N4O4/c1-5-12(4)22-19(27)16-10-15(23-24-16)18(26)17(11(2)3)25-20(28)13-8-6-7-9-14(13)21(25)29/h6-9,11-12,16-17,24H,5,10H2,1-4H3,(H,22,27). The second-order valence-corrected chi connectivity index (χ2v) is 7.84. The average Bonchev–Trinajstić information content (AvgIpc) is 3.28. The van der Waals surface area contributed by atoms with Gasteiger partial charge in [0.05, 0.1) is 11.1 Å². The number of carbonyl (C=O) groups is 4. The van der Waals surface area contributed by atoms with Gasteiger partial charge in [-0.3, -0.25) is 29.5 Å². The number of imide groups is 1. The number of benzene rings is 1. The first-order valence-corrected chi connectivity index (χ1v) is 9.89. The van der Waals surface area contributed by atoms with Crippen LogP contribution in [0.25, 0.3) is 0 Å². The normalized spacial score (nSPS) is 20.2. The Labute approximate surface area is 169 Å². The Morgan fingerprint density at radius 3 is 2.28 bits per heavy atom. The van der Waals surface area contributed by atoms with Crippen LogP contribution in [0.3, 0.4) is 0 Å². The molecule has 3 amide bonds. The predicted molar refractivity (Wildman–Crippen MR) is 107 cm³/mol. The van der Waals surface area contributed by atoms with Crippen molar-refractivity contribution >= 4 is 29.2 Å². The molecule has 0 bridgehead atoms. The largest absolute Gasteiger partial charge is 0.352 e. The summed E-state index contributed by atoms with van der Waals surface area (Å²) in [5, 5.41) is 6.91. The Bertz CT molecular complexity index is 857. The van der Waals surface area contributed by atoms with Crippen LogP contribution in [0.15, 0.2) is 29.4 Å². The molecule has 3 rings (SSSR count). The van der Waals surface area contributed by atoms with Gasteiger partial charge in [-0.2, -0.15) is 5.10 Å². The molecule has 8 nitrogen and oxygen atoms in total. The van der Waals surface area contributed by atoms with Gasteiger partial charge in [-0.25, -0.2) is 0 Å². The zero-order valence-corrected chi connectivity index (χ0v) is 17.1. The van der Waals surface area contributed by atoms with Crippen LogP contribution in [0.1, 0.15) is 61.3 Å². The number of hydrazone groups is 1.